The van der Waals surface area contributed by atoms with Crippen LogP contribution in [0.4, 0.5) is 28.7 Å². The number of amides is 1. The summed E-state index contributed by atoms with van der Waals surface area (Å²) >= 11 is 0. The third-order valence-corrected chi connectivity index (χ3v) is 8.16. The predicted molar refractivity (Wildman–Crippen MR) is 177 cm³/mol. The Balaban J connectivity index is 1.37. The smallest absolute Gasteiger partial charge is 0.263 e. The number of rotatable bonds is 13. The molecule has 1 aromatic heterocycles. The fourth-order valence-electron chi connectivity index (χ4n) is 4.66. The Hall–Kier alpha value is -5.36. The maximum atomic E-state index is 13.6. The summed E-state index contributed by atoms with van der Waals surface area (Å²) in [5, 5.41) is 9.08. The molecule has 5 aromatic rings. The van der Waals surface area contributed by atoms with Crippen LogP contribution < -0.4 is 30.1 Å². The SMILES string of the molecule is CCCc1ccccc1NCC(=O)Nc1cccc(S(=O)(=O)Nc2nc3ccccc3nc2Nc2cc(OC)cc(OC)c2)c1. The minimum absolute atomic E-state index is 0.0140. The molecule has 0 saturated heterocycles. The summed E-state index contributed by atoms with van der Waals surface area (Å²) in [5.41, 5.74) is 3.96. The maximum absolute atomic E-state index is 13.6. The monoisotopic (exact) mass is 626 g/mol. The fraction of sp³-hybridized carbons (Fsp3) is 0.182. The number of ether oxygens (including phenoxy) is 2. The molecule has 1 amide bonds. The van der Waals surface area contributed by atoms with Crippen LogP contribution in [0.5, 0.6) is 11.5 Å². The van der Waals surface area contributed by atoms with Crippen molar-refractivity contribution in [2.24, 2.45) is 0 Å². The van der Waals surface area contributed by atoms with Gasteiger partial charge in [-0.05, 0) is 48.4 Å². The molecular weight excluding hydrogens is 592 g/mol. The van der Waals surface area contributed by atoms with Crippen molar-refractivity contribution in [3.05, 3.63) is 96.6 Å². The normalized spacial score (nSPS) is 11.1. The summed E-state index contributed by atoms with van der Waals surface area (Å²) in [7, 11) is -1.09. The lowest BCUT2D eigenvalue weighted by atomic mass is 10.1. The van der Waals surface area contributed by atoms with Crippen molar-refractivity contribution in [3.8, 4) is 11.5 Å². The summed E-state index contributed by atoms with van der Waals surface area (Å²) in [5.74, 6) is 0.912. The molecule has 45 heavy (non-hydrogen) atoms. The number of nitrogens with zero attached hydrogens (tertiary/aromatic N) is 2. The van der Waals surface area contributed by atoms with Crippen molar-refractivity contribution in [2.45, 2.75) is 24.7 Å². The standard InChI is InChI=1S/C33H34N6O5S/c1-4-10-22-11-5-6-14-28(22)34-21-31(40)35-23-12-9-13-27(19-23)45(41,42)39-33-32(37-29-15-7-8-16-30(29)38-33)36-24-17-25(43-2)20-26(18-24)44-3/h5-9,11-20,34H,4,10,21H2,1-3H3,(H,35,40)(H,36,37)(H,38,39). The van der Waals surface area contributed by atoms with Crippen LogP contribution in [0.15, 0.2) is 95.9 Å². The molecule has 0 unspecified atom stereocenters. The molecule has 4 N–H and O–H groups in total. The second-order valence-corrected chi connectivity index (χ2v) is 11.8. The van der Waals surface area contributed by atoms with E-state index in [0.29, 0.717) is 33.9 Å². The number of hydrogen-bond acceptors (Lipinski definition) is 9. The Morgan fingerprint density at radius 3 is 2.13 bits per heavy atom. The topological polar surface area (TPSA) is 144 Å². The molecule has 1 heterocycles. The van der Waals surface area contributed by atoms with Crippen LogP contribution in [0.3, 0.4) is 0 Å². The Labute approximate surface area is 262 Å². The molecule has 11 nitrogen and oxygen atoms in total. The molecule has 0 atom stereocenters. The van der Waals surface area contributed by atoms with Gasteiger partial charge in [-0.2, -0.15) is 0 Å². The molecule has 0 bridgehead atoms. The van der Waals surface area contributed by atoms with Crippen LogP contribution in [0.2, 0.25) is 0 Å². The highest BCUT2D eigenvalue weighted by Gasteiger charge is 2.20. The number of anilines is 5. The second-order valence-electron chi connectivity index (χ2n) is 10.1. The number of nitrogens with one attached hydrogen (secondary N) is 4. The summed E-state index contributed by atoms with van der Waals surface area (Å²) in [4.78, 5) is 21.9. The lowest BCUT2D eigenvalue weighted by molar-refractivity contribution is -0.114. The number of methoxy groups -OCH3 is 2. The molecule has 0 spiro atoms. The number of benzene rings is 4. The third kappa shape index (κ3) is 7.78. The summed E-state index contributed by atoms with van der Waals surface area (Å²) in [6.07, 6.45) is 1.88. The number of aromatic nitrogens is 2. The lowest BCUT2D eigenvalue weighted by Gasteiger charge is -2.15. The molecule has 0 aliphatic rings. The first-order valence-corrected chi connectivity index (χ1v) is 15.8. The van der Waals surface area contributed by atoms with Crippen molar-refractivity contribution < 1.29 is 22.7 Å². The van der Waals surface area contributed by atoms with Gasteiger partial charge in [-0.1, -0.05) is 49.7 Å². The Morgan fingerprint density at radius 2 is 1.44 bits per heavy atom. The van der Waals surface area contributed by atoms with Gasteiger partial charge in [0.1, 0.15) is 11.5 Å². The number of hydrogen-bond donors (Lipinski definition) is 4. The third-order valence-electron chi connectivity index (χ3n) is 6.82. The van der Waals surface area contributed by atoms with Crippen LogP contribution in [-0.2, 0) is 21.2 Å². The van der Waals surface area contributed by atoms with Gasteiger partial charge in [-0.15, -0.1) is 0 Å². The molecule has 0 fully saturated rings. The Bertz CT molecular complexity index is 1910. The van der Waals surface area contributed by atoms with Gasteiger partial charge >= 0.3 is 0 Å². The van der Waals surface area contributed by atoms with Gasteiger partial charge < -0.3 is 25.4 Å². The van der Waals surface area contributed by atoms with E-state index in [1.807, 2.05) is 30.3 Å². The van der Waals surface area contributed by atoms with E-state index >= 15 is 0 Å². The fourth-order valence-corrected chi connectivity index (χ4v) is 5.72. The molecule has 0 aliphatic carbocycles. The zero-order valence-corrected chi connectivity index (χ0v) is 25.9. The molecule has 0 radical (unpaired) electrons. The highest BCUT2D eigenvalue weighted by atomic mass is 32.2. The molecular formula is C33H34N6O5S. The summed E-state index contributed by atoms with van der Waals surface area (Å²) in [6, 6.07) is 26.1. The van der Waals surface area contributed by atoms with E-state index in [1.54, 1.807) is 48.5 Å². The van der Waals surface area contributed by atoms with Crippen LogP contribution in [0.1, 0.15) is 18.9 Å². The predicted octanol–water partition coefficient (Wildman–Crippen LogP) is 6.19. The van der Waals surface area contributed by atoms with Crippen molar-refractivity contribution in [1.29, 1.82) is 0 Å². The molecule has 12 heteroatoms. The van der Waals surface area contributed by atoms with Gasteiger partial charge in [-0.25, -0.2) is 18.4 Å². The van der Waals surface area contributed by atoms with Crippen LogP contribution in [-0.4, -0.2) is 45.1 Å². The van der Waals surface area contributed by atoms with Gasteiger partial charge in [0.2, 0.25) is 5.91 Å². The molecule has 0 saturated carbocycles. The molecule has 0 aliphatic heterocycles. The maximum Gasteiger partial charge on any atom is 0.263 e. The number of para-hydroxylation sites is 3. The van der Waals surface area contributed by atoms with Gasteiger partial charge in [0.15, 0.2) is 11.6 Å². The van der Waals surface area contributed by atoms with Gasteiger partial charge in [0, 0.05) is 35.3 Å². The van der Waals surface area contributed by atoms with E-state index in [9.17, 15) is 13.2 Å². The Morgan fingerprint density at radius 1 is 0.778 bits per heavy atom. The first-order valence-electron chi connectivity index (χ1n) is 14.3. The number of carbonyl (C=O) groups is 1. The van der Waals surface area contributed by atoms with Gasteiger partial charge in [0.05, 0.1) is 36.7 Å². The number of sulfonamides is 1. The largest absolute Gasteiger partial charge is 0.497 e. The van der Waals surface area contributed by atoms with Crippen LogP contribution >= 0.6 is 0 Å². The average molecular weight is 627 g/mol. The zero-order chi connectivity index (χ0) is 31.8. The number of aryl methyl sites for hydroxylation is 1. The lowest BCUT2D eigenvalue weighted by Crippen LogP contribution is -2.22. The molecule has 5 rings (SSSR count). The van der Waals surface area contributed by atoms with E-state index in [0.717, 1.165) is 24.1 Å². The van der Waals surface area contributed by atoms with E-state index < -0.39 is 10.0 Å². The van der Waals surface area contributed by atoms with E-state index in [4.69, 9.17) is 9.47 Å². The van der Waals surface area contributed by atoms with Gasteiger partial charge in [-0.3, -0.25) is 9.52 Å². The van der Waals surface area contributed by atoms with E-state index in [2.05, 4.69) is 37.6 Å². The summed E-state index contributed by atoms with van der Waals surface area (Å²) < 4.78 is 40.5. The molecule has 4 aromatic carbocycles. The quantitative estimate of drug-likeness (QED) is 0.120. The zero-order valence-electron chi connectivity index (χ0n) is 25.1. The first-order chi connectivity index (χ1) is 21.8. The minimum atomic E-state index is -4.16. The van der Waals surface area contributed by atoms with Crippen molar-refractivity contribution >= 4 is 55.7 Å². The first kappa shape index (κ1) is 31.1. The van der Waals surface area contributed by atoms with Crippen molar-refractivity contribution in [2.75, 3.05) is 41.4 Å². The highest BCUT2D eigenvalue weighted by molar-refractivity contribution is 7.92. The summed E-state index contributed by atoms with van der Waals surface area (Å²) in [6.45, 7) is 2.12. The van der Waals surface area contributed by atoms with E-state index in [-0.39, 0.29) is 29.0 Å². The van der Waals surface area contributed by atoms with Gasteiger partial charge in [0.25, 0.3) is 10.0 Å². The second kappa shape index (κ2) is 14.0. The van der Waals surface area contributed by atoms with Crippen molar-refractivity contribution in [1.82, 2.24) is 9.97 Å². The highest BCUT2D eigenvalue weighted by Crippen LogP contribution is 2.31. The van der Waals surface area contributed by atoms with Crippen LogP contribution in [0.25, 0.3) is 11.0 Å². The minimum Gasteiger partial charge on any atom is -0.497 e. The molecule has 232 valence electrons. The average Bonchev–Trinajstić information content (AvgIpc) is 3.04. The number of fused-ring (bicyclic) bond motifs is 1. The van der Waals surface area contributed by atoms with Crippen molar-refractivity contribution in [3.63, 3.8) is 0 Å². The van der Waals surface area contributed by atoms with Crippen LogP contribution in [0, 0.1) is 0 Å². The van der Waals surface area contributed by atoms with E-state index in [1.165, 1.54) is 26.4 Å². The number of carbonyl (C=O) groups excluding carboxylic acids is 1. The Kier molecular flexibility index (Phi) is 9.64.